The standard InChI is InChI=1S/C29H28N2O6/c1-34-26-15-19(16-27(35-2)29(26)37-4)10-9-18-13-23(28(36-3)25(33)14-18)30-12-11-24(32)21-17-31-22-8-6-5-7-20(21)22/h5-10,12-17,31,33H,11H2,1-4H3/b10-9-,30-12?. The van der Waals surface area contributed by atoms with Crippen molar-refractivity contribution in [3.8, 4) is 28.7 Å². The summed E-state index contributed by atoms with van der Waals surface area (Å²) < 4.78 is 21.5. The van der Waals surface area contributed by atoms with Gasteiger partial charge < -0.3 is 29.0 Å². The minimum absolute atomic E-state index is 0.0651. The molecule has 37 heavy (non-hydrogen) atoms. The minimum Gasteiger partial charge on any atom is -0.504 e. The number of phenolic OH excluding ortho intramolecular Hbond substituents is 1. The van der Waals surface area contributed by atoms with E-state index in [0.29, 0.717) is 34.1 Å². The molecule has 8 nitrogen and oxygen atoms in total. The Balaban J connectivity index is 1.58. The summed E-state index contributed by atoms with van der Waals surface area (Å²) in [5.41, 5.74) is 3.40. The van der Waals surface area contributed by atoms with Gasteiger partial charge in [0.15, 0.2) is 28.8 Å². The molecule has 0 aliphatic rings. The molecular formula is C29H28N2O6. The molecule has 0 aliphatic carbocycles. The van der Waals surface area contributed by atoms with Crippen LogP contribution in [0.2, 0.25) is 0 Å². The Bertz CT molecular complexity index is 1460. The van der Waals surface area contributed by atoms with Gasteiger partial charge in [0, 0.05) is 35.3 Å². The molecule has 0 unspecified atom stereocenters. The Hall–Kier alpha value is -4.72. The van der Waals surface area contributed by atoms with Crippen LogP contribution in [0, 0.1) is 0 Å². The first-order chi connectivity index (χ1) is 18.0. The molecule has 4 rings (SSSR count). The summed E-state index contributed by atoms with van der Waals surface area (Å²) in [6.07, 6.45) is 6.99. The average Bonchev–Trinajstić information content (AvgIpc) is 3.35. The number of ether oxygens (including phenoxy) is 4. The average molecular weight is 501 g/mol. The number of nitrogens with one attached hydrogen (secondary N) is 1. The maximum absolute atomic E-state index is 12.8. The molecule has 0 radical (unpaired) electrons. The number of carbonyl (C=O) groups excluding carboxylic acids is 1. The molecule has 190 valence electrons. The summed E-state index contributed by atoms with van der Waals surface area (Å²) >= 11 is 0. The lowest BCUT2D eigenvalue weighted by Crippen LogP contribution is -1.98. The van der Waals surface area contributed by atoms with E-state index in [9.17, 15) is 9.90 Å². The van der Waals surface area contributed by atoms with Gasteiger partial charge in [0.25, 0.3) is 0 Å². The maximum Gasteiger partial charge on any atom is 0.203 e. The number of hydrogen-bond acceptors (Lipinski definition) is 7. The molecule has 4 aromatic rings. The van der Waals surface area contributed by atoms with Crippen LogP contribution in [0.25, 0.3) is 23.1 Å². The molecule has 0 spiro atoms. The van der Waals surface area contributed by atoms with E-state index in [0.717, 1.165) is 16.5 Å². The highest BCUT2D eigenvalue weighted by Gasteiger charge is 2.14. The maximum atomic E-state index is 12.8. The highest BCUT2D eigenvalue weighted by atomic mass is 16.5. The molecule has 0 amide bonds. The van der Waals surface area contributed by atoms with E-state index >= 15 is 0 Å². The van der Waals surface area contributed by atoms with Gasteiger partial charge in [0.05, 0.1) is 28.4 Å². The fourth-order valence-electron chi connectivity index (χ4n) is 4.05. The van der Waals surface area contributed by atoms with E-state index in [4.69, 9.17) is 18.9 Å². The van der Waals surface area contributed by atoms with Crippen molar-refractivity contribution in [1.29, 1.82) is 0 Å². The second-order valence-corrected chi connectivity index (χ2v) is 8.07. The number of aromatic hydroxyl groups is 1. The van der Waals surface area contributed by atoms with Crippen LogP contribution in [0.1, 0.15) is 27.9 Å². The summed E-state index contributed by atoms with van der Waals surface area (Å²) in [7, 11) is 6.11. The SMILES string of the molecule is COc1cc(/C=C\c2cc(O)c(OC)c(N=CCC(=O)c3c[nH]c4ccccc34)c2)cc(OC)c1OC. The third kappa shape index (κ3) is 5.43. The number of benzene rings is 3. The number of ketones is 1. The molecule has 3 aromatic carbocycles. The predicted molar refractivity (Wildman–Crippen MR) is 145 cm³/mol. The Morgan fingerprint density at radius 2 is 1.54 bits per heavy atom. The van der Waals surface area contributed by atoms with Crippen LogP contribution in [0.5, 0.6) is 28.7 Å². The molecule has 8 heteroatoms. The highest BCUT2D eigenvalue weighted by molar-refractivity contribution is 6.12. The summed E-state index contributed by atoms with van der Waals surface area (Å²) in [5.74, 6) is 1.66. The van der Waals surface area contributed by atoms with Gasteiger partial charge >= 0.3 is 0 Å². The molecule has 0 atom stereocenters. The van der Waals surface area contributed by atoms with Crippen molar-refractivity contribution in [1.82, 2.24) is 4.98 Å². The van der Waals surface area contributed by atoms with Crippen molar-refractivity contribution in [3.63, 3.8) is 0 Å². The quantitative estimate of drug-likeness (QED) is 0.156. The lowest BCUT2D eigenvalue weighted by molar-refractivity contribution is 0.100. The van der Waals surface area contributed by atoms with Gasteiger partial charge in [-0.1, -0.05) is 30.4 Å². The van der Waals surface area contributed by atoms with Crippen LogP contribution >= 0.6 is 0 Å². The fraction of sp³-hybridized carbons (Fsp3) is 0.172. The normalized spacial score (nSPS) is 11.4. The number of methoxy groups -OCH3 is 4. The van der Waals surface area contributed by atoms with Gasteiger partial charge in [-0.05, 0) is 41.5 Å². The fourth-order valence-corrected chi connectivity index (χ4v) is 4.05. The number of rotatable bonds is 10. The molecule has 1 aromatic heterocycles. The number of aromatic amines is 1. The molecule has 0 saturated carbocycles. The molecule has 1 heterocycles. The first-order valence-corrected chi connectivity index (χ1v) is 11.5. The highest BCUT2D eigenvalue weighted by Crippen LogP contribution is 2.40. The van der Waals surface area contributed by atoms with E-state index in [1.165, 1.54) is 13.3 Å². The smallest absolute Gasteiger partial charge is 0.203 e. The molecule has 0 saturated heterocycles. The number of Topliss-reactive ketones (excluding diaryl/α,β-unsaturated/α-hetero) is 1. The number of hydrogen-bond donors (Lipinski definition) is 2. The number of aliphatic imine (C=N–C) groups is 1. The first-order valence-electron chi connectivity index (χ1n) is 11.5. The van der Waals surface area contributed by atoms with Crippen LogP contribution in [0.15, 0.2) is 59.7 Å². The number of carbonyl (C=O) groups is 1. The zero-order valence-electron chi connectivity index (χ0n) is 21.1. The van der Waals surface area contributed by atoms with Crippen LogP contribution in [-0.2, 0) is 0 Å². The van der Waals surface area contributed by atoms with Crippen LogP contribution in [0.4, 0.5) is 5.69 Å². The van der Waals surface area contributed by atoms with Gasteiger partial charge in [-0.15, -0.1) is 0 Å². The molecule has 0 bridgehead atoms. The Labute approximate surface area is 214 Å². The molecule has 2 N–H and O–H groups in total. The number of aromatic nitrogens is 1. The number of H-pyrrole nitrogens is 1. The number of nitrogens with zero attached hydrogens (tertiary/aromatic N) is 1. The third-order valence-electron chi connectivity index (χ3n) is 5.83. The summed E-state index contributed by atoms with van der Waals surface area (Å²) in [6.45, 7) is 0. The zero-order chi connectivity index (χ0) is 26.4. The summed E-state index contributed by atoms with van der Waals surface area (Å²) in [6, 6.07) is 14.6. The van der Waals surface area contributed by atoms with Crippen LogP contribution < -0.4 is 18.9 Å². The van der Waals surface area contributed by atoms with Gasteiger partial charge in [-0.2, -0.15) is 0 Å². The number of phenols is 1. The van der Waals surface area contributed by atoms with Gasteiger partial charge in [0.2, 0.25) is 5.75 Å². The largest absolute Gasteiger partial charge is 0.504 e. The molecular weight excluding hydrogens is 472 g/mol. The van der Waals surface area contributed by atoms with Gasteiger partial charge in [0.1, 0.15) is 5.69 Å². The van der Waals surface area contributed by atoms with Crippen molar-refractivity contribution < 1.29 is 28.8 Å². The summed E-state index contributed by atoms with van der Waals surface area (Å²) in [5, 5.41) is 11.4. The second kappa shape index (κ2) is 11.3. The summed E-state index contributed by atoms with van der Waals surface area (Å²) in [4.78, 5) is 20.3. The van der Waals surface area contributed by atoms with Crippen LogP contribution in [-0.4, -0.2) is 50.5 Å². The van der Waals surface area contributed by atoms with Crippen LogP contribution in [0.3, 0.4) is 0 Å². The van der Waals surface area contributed by atoms with Gasteiger partial charge in [-0.25, -0.2) is 0 Å². The van der Waals surface area contributed by atoms with Crippen molar-refractivity contribution >= 4 is 40.7 Å². The lowest BCUT2D eigenvalue weighted by atomic mass is 10.1. The van der Waals surface area contributed by atoms with Crippen molar-refractivity contribution in [3.05, 3.63) is 71.4 Å². The number of fused-ring (bicyclic) bond motifs is 1. The van der Waals surface area contributed by atoms with Gasteiger partial charge in [-0.3, -0.25) is 9.79 Å². The first kappa shape index (κ1) is 25.4. The zero-order valence-corrected chi connectivity index (χ0v) is 21.1. The Morgan fingerprint density at radius 1 is 0.892 bits per heavy atom. The van der Waals surface area contributed by atoms with E-state index in [1.54, 1.807) is 39.7 Å². The third-order valence-corrected chi connectivity index (χ3v) is 5.83. The van der Waals surface area contributed by atoms with Crippen molar-refractivity contribution in [2.45, 2.75) is 6.42 Å². The second-order valence-electron chi connectivity index (χ2n) is 8.07. The topological polar surface area (TPSA) is 102 Å². The van der Waals surface area contributed by atoms with E-state index in [2.05, 4.69) is 9.98 Å². The molecule has 0 aliphatic heterocycles. The Kier molecular flexibility index (Phi) is 7.78. The lowest BCUT2D eigenvalue weighted by Gasteiger charge is -2.13. The Morgan fingerprint density at radius 3 is 2.19 bits per heavy atom. The van der Waals surface area contributed by atoms with E-state index in [1.807, 2.05) is 48.6 Å². The van der Waals surface area contributed by atoms with E-state index < -0.39 is 0 Å². The minimum atomic E-state index is -0.0668. The number of para-hydroxylation sites is 1. The van der Waals surface area contributed by atoms with Crippen molar-refractivity contribution in [2.24, 2.45) is 4.99 Å². The monoisotopic (exact) mass is 500 g/mol. The van der Waals surface area contributed by atoms with Crippen molar-refractivity contribution in [2.75, 3.05) is 28.4 Å². The predicted octanol–water partition coefficient (Wildman–Crippen LogP) is 6.05. The van der Waals surface area contributed by atoms with E-state index in [-0.39, 0.29) is 23.7 Å². The molecule has 0 fully saturated rings.